The van der Waals surface area contributed by atoms with Crippen LogP contribution < -0.4 is 0 Å². The molecule has 5 heteroatoms. The van der Waals surface area contributed by atoms with Crippen molar-refractivity contribution in [2.75, 3.05) is 7.05 Å². The molecule has 0 radical (unpaired) electrons. The highest BCUT2D eigenvalue weighted by atomic mass is 16.5. The fourth-order valence-electron chi connectivity index (χ4n) is 2.96. The van der Waals surface area contributed by atoms with Gasteiger partial charge in [0.1, 0.15) is 0 Å². The molecular weight excluding hydrogens is 294 g/mol. The number of ether oxygens (including phenoxy) is 1. The molecular formula is C18H25NO4. The molecule has 1 aromatic rings. The van der Waals surface area contributed by atoms with Crippen LogP contribution >= 0.6 is 0 Å². The molecule has 1 amide bonds. The molecule has 2 rings (SSSR count). The van der Waals surface area contributed by atoms with Crippen LogP contribution in [0.5, 0.6) is 0 Å². The zero-order valence-electron chi connectivity index (χ0n) is 13.8. The number of carbonyl (C=O) groups is 2. The molecule has 0 bridgehead atoms. The van der Waals surface area contributed by atoms with Crippen LogP contribution in [-0.2, 0) is 16.1 Å². The predicted octanol–water partition coefficient (Wildman–Crippen LogP) is 2.52. The number of aliphatic hydroxyl groups excluding tert-OH is 1. The third-order valence-corrected chi connectivity index (χ3v) is 4.47. The maximum Gasteiger partial charge on any atom is 0.338 e. The Kier molecular flexibility index (Phi) is 6.16. The van der Waals surface area contributed by atoms with Gasteiger partial charge in [-0.15, -0.1) is 0 Å². The minimum absolute atomic E-state index is 0.0730. The molecule has 126 valence electrons. The Morgan fingerprint density at radius 2 is 1.83 bits per heavy atom. The molecule has 5 nitrogen and oxygen atoms in total. The number of aliphatic hydroxyl groups is 1. The number of nitrogens with zero attached hydrogens (tertiary/aromatic N) is 1. The Hall–Kier alpha value is -1.88. The van der Waals surface area contributed by atoms with Gasteiger partial charge in [0, 0.05) is 13.1 Å². The lowest BCUT2D eigenvalue weighted by Gasteiger charge is -2.32. The summed E-state index contributed by atoms with van der Waals surface area (Å²) < 4.78 is 5.29. The van der Waals surface area contributed by atoms with Crippen molar-refractivity contribution in [2.45, 2.75) is 57.8 Å². The second kappa shape index (κ2) is 8.11. The Labute approximate surface area is 137 Å². The van der Waals surface area contributed by atoms with Crippen LogP contribution in [0.15, 0.2) is 24.3 Å². The number of esters is 1. The van der Waals surface area contributed by atoms with Gasteiger partial charge in [-0.25, -0.2) is 4.79 Å². The highest BCUT2D eigenvalue weighted by Crippen LogP contribution is 2.22. The number of hydrogen-bond donors (Lipinski definition) is 1. The zero-order valence-corrected chi connectivity index (χ0v) is 13.8. The van der Waals surface area contributed by atoms with Gasteiger partial charge < -0.3 is 14.7 Å². The van der Waals surface area contributed by atoms with Gasteiger partial charge >= 0.3 is 5.97 Å². The van der Waals surface area contributed by atoms with Crippen molar-refractivity contribution >= 4 is 11.9 Å². The largest absolute Gasteiger partial charge is 0.449 e. The monoisotopic (exact) mass is 319 g/mol. The van der Waals surface area contributed by atoms with Crippen molar-refractivity contribution in [3.63, 3.8) is 0 Å². The minimum Gasteiger partial charge on any atom is -0.449 e. The Morgan fingerprint density at radius 3 is 2.39 bits per heavy atom. The smallest absolute Gasteiger partial charge is 0.338 e. The van der Waals surface area contributed by atoms with Gasteiger partial charge in [0.2, 0.25) is 0 Å². The summed E-state index contributed by atoms with van der Waals surface area (Å²) in [5.41, 5.74) is 1.10. The summed E-state index contributed by atoms with van der Waals surface area (Å²) in [5.74, 6) is -0.676. The molecule has 0 saturated heterocycles. The SMILES string of the molecule is C[C@H](OC(=O)c1ccc(CO)cc1)C(=O)N(C)C1CCCCC1. The third kappa shape index (κ3) is 4.55. The van der Waals surface area contributed by atoms with Crippen LogP contribution in [0.2, 0.25) is 0 Å². The van der Waals surface area contributed by atoms with Gasteiger partial charge in [-0.1, -0.05) is 31.4 Å². The standard InChI is InChI=1S/C18H25NO4/c1-13(17(21)19(2)16-6-4-3-5-7-16)23-18(22)15-10-8-14(12-20)9-11-15/h8-11,13,16,20H,3-7,12H2,1-2H3/t13-/m0/s1. The van der Waals surface area contributed by atoms with Gasteiger partial charge in [-0.3, -0.25) is 4.79 Å². The molecule has 1 fully saturated rings. The molecule has 1 saturated carbocycles. The molecule has 1 aliphatic rings. The second-order valence-corrected chi connectivity index (χ2v) is 6.14. The quantitative estimate of drug-likeness (QED) is 0.847. The number of rotatable bonds is 5. The van der Waals surface area contributed by atoms with E-state index in [0.717, 1.165) is 31.2 Å². The molecule has 0 spiro atoms. The van der Waals surface area contributed by atoms with E-state index in [2.05, 4.69) is 0 Å². The highest BCUT2D eigenvalue weighted by Gasteiger charge is 2.27. The van der Waals surface area contributed by atoms with Crippen LogP contribution in [0, 0.1) is 0 Å². The molecule has 0 heterocycles. The Bertz CT molecular complexity index is 534. The van der Waals surface area contributed by atoms with Gasteiger partial charge in [-0.05, 0) is 37.5 Å². The lowest BCUT2D eigenvalue weighted by molar-refractivity contribution is -0.141. The normalized spacial score (nSPS) is 16.7. The summed E-state index contributed by atoms with van der Waals surface area (Å²) in [6.07, 6.45) is 4.76. The Morgan fingerprint density at radius 1 is 1.22 bits per heavy atom. The van der Waals surface area contributed by atoms with E-state index in [4.69, 9.17) is 9.84 Å². The lowest BCUT2D eigenvalue weighted by Crippen LogP contribution is -2.44. The third-order valence-electron chi connectivity index (χ3n) is 4.47. The summed E-state index contributed by atoms with van der Waals surface area (Å²) in [6.45, 7) is 1.54. The van der Waals surface area contributed by atoms with E-state index >= 15 is 0 Å². The first-order chi connectivity index (χ1) is 11.0. The van der Waals surface area contributed by atoms with E-state index in [9.17, 15) is 9.59 Å². The number of hydrogen-bond acceptors (Lipinski definition) is 4. The lowest BCUT2D eigenvalue weighted by atomic mass is 9.94. The molecule has 1 aromatic carbocycles. The van der Waals surface area contributed by atoms with Crippen molar-refractivity contribution in [1.29, 1.82) is 0 Å². The molecule has 23 heavy (non-hydrogen) atoms. The van der Waals surface area contributed by atoms with E-state index in [1.807, 2.05) is 0 Å². The summed E-state index contributed by atoms with van der Waals surface area (Å²) in [5, 5.41) is 9.00. The molecule has 0 aliphatic heterocycles. The maximum atomic E-state index is 12.4. The van der Waals surface area contributed by atoms with Crippen molar-refractivity contribution in [1.82, 2.24) is 4.90 Å². The molecule has 0 aromatic heterocycles. The number of amides is 1. The van der Waals surface area contributed by atoms with Crippen molar-refractivity contribution in [3.8, 4) is 0 Å². The van der Waals surface area contributed by atoms with Crippen molar-refractivity contribution in [3.05, 3.63) is 35.4 Å². The highest BCUT2D eigenvalue weighted by molar-refractivity contribution is 5.92. The summed E-state index contributed by atoms with van der Waals surface area (Å²) in [4.78, 5) is 26.3. The molecule has 1 N–H and O–H groups in total. The fraction of sp³-hybridized carbons (Fsp3) is 0.556. The first kappa shape index (κ1) is 17.5. The summed E-state index contributed by atoms with van der Waals surface area (Å²) >= 11 is 0. The van der Waals surface area contributed by atoms with E-state index in [1.54, 1.807) is 43.1 Å². The minimum atomic E-state index is -0.799. The first-order valence-electron chi connectivity index (χ1n) is 8.20. The molecule has 1 aliphatic carbocycles. The summed E-state index contributed by atoms with van der Waals surface area (Å²) in [7, 11) is 1.79. The number of likely N-dealkylation sites (N-methyl/N-ethyl adjacent to an activating group) is 1. The fourth-order valence-corrected chi connectivity index (χ4v) is 2.96. The van der Waals surface area contributed by atoms with Crippen LogP contribution in [0.25, 0.3) is 0 Å². The van der Waals surface area contributed by atoms with E-state index in [0.29, 0.717) is 5.56 Å². The topological polar surface area (TPSA) is 66.8 Å². The van der Waals surface area contributed by atoms with Gasteiger partial charge in [0.05, 0.1) is 12.2 Å². The van der Waals surface area contributed by atoms with E-state index in [1.165, 1.54) is 6.42 Å². The average Bonchev–Trinajstić information content (AvgIpc) is 2.61. The maximum absolute atomic E-state index is 12.4. The molecule has 0 unspecified atom stereocenters. The first-order valence-corrected chi connectivity index (χ1v) is 8.20. The van der Waals surface area contributed by atoms with Crippen LogP contribution in [-0.4, -0.2) is 41.1 Å². The second-order valence-electron chi connectivity index (χ2n) is 6.14. The van der Waals surface area contributed by atoms with Gasteiger partial charge in [0.25, 0.3) is 5.91 Å². The van der Waals surface area contributed by atoms with Crippen molar-refractivity contribution in [2.24, 2.45) is 0 Å². The Balaban J connectivity index is 1.92. The summed E-state index contributed by atoms with van der Waals surface area (Å²) in [6, 6.07) is 6.77. The average molecular weight is 319 g/mol. The van der Waals surface area contributed by atoms with E-state index < -0.39 is 12.1 Å². The van der Waals surface area contributed by atoms with Crippen LogP contribution in [0.4, 0.5) is 0 Å². The number of benzene rings is 1. The van der Waals surface area contributed by atoms with Crippen LogP contribution in [0.1, 0.15) is 54.9 Å². The van der Waals surface area contributed by atoms with Gasteiger partial charge in [0.15, 0.2) is 6.10 Å². The predicted molar refractivity (Wildman–Crippen MR) is 86.9 cm³/mol. The van der Waals surface area contributed by atoms with E-state index in [-0.39, 0.29) is 18.6 Å². The number of carbonyl (C=O) groups excluding carboxylic acids is 2. The van der Waals surface area contributed by atoms with Crippen molar-refractivity contribution < 1.29 is 19.4 Å². The van der Waals surface area contributed by atoms with Gasteiger partial charge in [-0.2, -0.15) is 0 Å². The van der Waals surface area contributed by atoms with Crippen LogP contribution in [0.3, 0.4) is 0 Å². The molecule has 1 atom stereocenters. The zero-order chi connectivity index (χ0) is 16.8.